The average Bonchev–Trinajstić information content (AvgIpc) is 2.81. The van der Waals surface area contributed by atoms with Crippen molar-refractivity contribution in [1.82, 2.24) is 10.1 Å². The van der Waals surface area contributed by atoms with E-state index >= 15 is 0 Å². The van der Waals surface area contributed by atoms with Gasteiger partial charge in [0.1, 0.15) is 5.82 Å². The van der Waals surface area contributed by atoms with Crippen molar-refractivity contribution in [2.75, 3.05) is 0 Å². The maximum atomic E-state index is 13.1. The fourth-order valence-corrected chi connectivity index (χ4v) is 1.46. The van der Waals surface area contributed by atoms with Crippen LogP contribution in [0.3, 0.4) is 0 Å². The summed E-state index contributed by atoms with van der Waals surface area (Å²) in [7, 11) is 0. The van der Waals surface area contributed by atoms with Crippen LogP contribution in [0.15, 0.2) is 22.7 Å². The molecule has 0 saturated carbocycles. The number of aryl methyl sites for hydroxylation is 1. The van der Waals surface area contributed by atoms with Crippen LogP contribution >= 0.6 is 0 Å². The van der Waals surface area contributed by atoms with Gasteiger partial charge in [-0.1, -0.05) is 12.1 Å². The summed E-state index contributed by atoms with van der Waals surface area (Å²) >= 11 is 0. The van der Waals surface area contributed by atoms with Crippen molar-refractivity contribution in [2.24, 2.45) is 5.73 Å². The van der Waals surface area contributed by atoms with Crippen LogP contribution in [-0.4, -0.2) is 10.1 Å². The second kappa shape index (κ2) is 4.63. The number of nitrogens with two attached hydrogens (primary N) is 1. The Balaban J connectivity index is 2.33. The van der Waals surface area contributed by atoms with Gasteiger partial charge in [-0.05, 0) is 37.1 Å². The minimum absolute atomic E-state index is 0.247. The summed E-state index contributed by atoms with van der Waals surface area (Å²) < 4.78 is 18.2. The van der Waals surface area contributed by atoms with Gasteiger partial charge in [0, 0.05) is 5.56 Å². The zero-order chi connectivity index (χ0) is 12.4. The molecule has 1 atom stereocenters. The fraction of sp³-hybridized carbons (Fsp3) is 0.333. The van der Waals surface area contributed by atoms with Crippen molar-refractivity contribution in [2.45, 2.75) is 26.3 Å². The lowest BCUT2D eigenvalue weighted by molar-refractivity contribution is 0.352. The second-order valence-corrected chi connectivity index (χ2v) is 3.93. The largest absolute Gasteiger partial charge is 0.337 e. The molecule has 0 aliphatic carbocycles. The first-order chi connectivity index (χ1) is 8.11. The highest BCUT2D eigenvalue weighted by Gasteiger charge is 2.14. The molecule has 0 saturated heterocycles. The van der Waals surface area contributed by atoms with E-state index < -0.39 is 0 Å². The molecule has 1 heterocycles. The number of rotatable bonds is 3. The molecular formula is C12H14FN3O. The molecule has 90 valence electrons. The van der Waals surface area contributed by atoms with Gasteiger partial charge in [0.25, 0.3) is 0 Å². The van der Waals surface area contributed by atoms with Crippen LogP contribution in [0.1, 0.15) is 30.8 Å². The molecule has 0 bridgehead atoms. The van der Waals surface area contributed by atoms with Crippen molar-refractivity contribution in [3.8, 4) is 11.4 Å². The van der Waals surface area contributed by atoms with Gasteiger partial charge in [0.2, 0.25) is 11.7 Å². The molecule has 17 heavy (non-hydrogen) atoms. The van der Waals surface area contributed by atoms with Crippen molar-refractivity contribution < 1.29 is 8.91 Å². The van der Waals surface area contributed by atoms with Crippen LogP contribution in [0, 0.1) is 12.7 Å². The molecule has 2 rings (SSSR count). The molecule has 1 aromatic carbocycles. The first-order valence-electron chi connectivity index (χ1n) is 5.47. The first-order valence-corrected chi connectivity index (χ1v) is 5.47. The Morgan fingerprint density at radius 3 is 2.88 bits per heavy atom. The van der Waals surface area contributed by atoms with Gasteiger partial charge in [0.15, 0.2) is 0 Å². The van der Waals surface area contributed by atoms with Crippen LogP contribution in [0.4, 0.5) is 4.39 Å². The Bertz CT molecular complexity index is 524. The molecule has 2 N–H and O–H groups in total. The van der Waals surface area contributed by atoms with E-state index in [9.17, 15) is 4.39 Å². The van der Waals surface area contributed by atoms with Crippen molar-refractivity contribution in [3.05, 3.63) is 35.5 Å². The molecule has 1 aromatic heterocycles. The van der Waals surface area contributed by atoms with E-state index in [1.165, 1.54) is 6.07 Å². The Kier molecular flexibility index (Phi) is 3.19. The van der Waals surface area contributed by atoms with Crippen LogP contribution < -0.4 is 5.73 Å². The maximum absolute atomic E-state index is 13.1. The Hall–Kier alpha value is -1.75. The quantitative estimate of drug-likeness (QED) is 0.888. The van der Waals surface area contributed by atoms with E-state index in [-0.39, 0.29) is 11.9 Å². The van der Waals surface area contributed by atoms with Gasteiger partial charge in [-0.25, -0.2) is 4.39 Å². The number of aromatic nitrogens is 2. The number of benzene rings is 1. The second-order valence-electron chi connectivity index (χ2n) is 3.93. The van der Waals surface area contributed by atoms with Gasteiger partial charge in [-0.2, -0.15) is 4.98 Å². The molecule has 0 spiro atoms. The number of halogens is 1. The highest BCUT2D eigenvalue weighted by molar-refractivity contribution is 5.55. The zero-order valence-corrected chi connectivity index (χ0v) is 9.77. The molecule has 0 aliphatic rings. The fourth-order valence-electron chi connectivity index (χ4n) is 1.46. The van der Waals surface area contributed by atoms with Gasteiger partial charge < -0.3 is 10.3 Å². The van der Waals surface area contributed by atoms with Crippen molar-refractivity contribution in [1.29, 1.82) is 0 Å². The van der Waals surface area contributed by atoms with Gasteiger partial charge in [-0.15, -0.1) is 0 Å². The van der Waals surface area contributed by atoms with Crippen LogP contribution in [0.25, 0.3) is 11.4 Å². The van der Waals surface area contributed by atoms with Gasteiger partial charge >= 0.3 is 0 Å². The minimum atomic E-state index is -0.252. The molecule has 4 nitrogen and oxygen atoms in total. The lowest BCUT2D eigenvalue weighted by Gasteiger charge is -2.00. The Morgan fingerprint density at radius 2 is 2.24 bits per heavy atom. The molecule has 5 heteroatoms. The average molecular weight is 235 g/mol. The number of nitrogens with zero attached hydrogens (tertiary/aromatic N) is 2. The molecule has 0 unspecified atom stereocenters. The molecule has 0 amide bonds. The molecule has 0 fully saturated rings. The zero-order valence-electron chi connectivity index (χ0n) is 9.77. The summed E-state index contributed by atoms with van der Waals surface area (Å²) in [5.74, 6) is 0.596. The smallest absolute Gasteiger partial charge is 0.243 e. The molecule has 0 aliphatic heterocycles. The van der Waals surface area contributed by atoms with Crippen LogP contribution in [0.5, 0.6) is 0 Å². The summed E-state index contributed by atoms with van der Waals surface area (Å²) in [6.45, 7) is 3.63. The van der Waals surface area contributed by atoms with Crippen LogP contribution in [0.2, 0.25) is 0 Å². The van der Waals surface area contributed by atoms with E-state index in [1.807, 2.05) is 6.92 Å². The molecular weight excluding hydrogens is 221 g/mol. The lowest BCUT2D eigenvalue weighted by atomic mass is 10.1. The van der Waals surface area contributed by atoms with Crippen molar-refractivity contribution in [3.63, 3.8) is 0 Å². The third-order valence-electron chi connectivity index (χ3n) is 2.61. The van der Waals surface area contributed by atoms with Crippen molar-refractivity contribution >= 4 is 0 Å². The van der Waals surface area contributed by atoms with E-state index in [0.717, 1.165) is 12.0 Å². The Labute approximate surface area is 98.6 Å². The lowest BCUT2D eigenvalue weighted by Crippen LogP contribution is -2.08. The number of hydrogen-bond donors (Lipinski definition) is 1. The molecule has 2 aromatic rings. The summed E-state index contributed by atoms with van der Waals surface area (Å²) in [6, 6.07) is 4.44. The van der Waals surface area contributed by atoms with E-state index in [1.54, 1.807) is 19.1 Å². The summed E-state index contributed by atoms with van der Waals surface area (Å²) in [4.78, 5) is 4.20. The van der Waals surface area contributed by atoms with Gasteiger partial charge in [-0.3, -0.25) is 0 Å². The first kappa shape index (κ1) is 11.7. The Morgan fingerprint density at radius 1 is 1.47 bits per heavy atom. The SMILES string of the molecule is CC[C@H](N)c1nc(-c2ccc(F)c(C)c2)no1. The molecule has 0 radical (unpaired) electrons. The third-order valence-corrected chi connectivity index (χ3v) is 2.61. The predicted octanol–water partition coefficient (Wildman–Crippen LogP) is 2.59. The highest BCUT2D eigenvalue weighted by Crippen LogP contribution is 2.21. The van der Waals surface area contributed by atoms with Crippen LogP contribution in [-0.2, 0) is 0 Å². The monoisotopic (exact) mass is 235 g/mol. The summed E-state index contributed by atoms with van der Waals surface area (Å²) in [6.07, 6.45) is 0.726. The standard InChI is InChI=1S/C12H14FN3O/c1-3-10(14)12-15-11(16-17-12)8-4-5-9(13)7(2)6-8/h4-6,10H,3,14H2,1-2H3/t10-/m0/s1. The van der Waals surface area contributed by atoms with E-state index in [2.05, 4.69) is 10.1 Å². The predicted molar refractivity (Wildman–Crippen MR) is 61.6 cm³/mol. The third kappa shape index (κ3) is 2.34. The summed E-state index contributed by atoms with van der Waals surface area (Å²) in [5, 5.41) is 3.84. The topological polar surface area (TPSA) is 64.9 Å². The maximum Gasteiger partial charge on any atom is 0.243 e. The van der Waals surface area contributed by atoms with E-state index in [4.69, 9.17) is 10.3 Å². The number of hydrogen-bond acceptors (Lipinski definition) is 4. The van der Waals surface area contributed by atoms with E-state index in [0.29, 0.717) is 17.3 Å². The minimum Gasteiger partial charge on any atom is -0.337 e. The normalized spacial score (nSPS) is 12.7. The summed E-state index contributed by atoms with van der Waals surface area (Å²) in [5.41, 5.74) is 7.06. The highest BCUT2D eigenvalue weighted by atomic mass is 19.1. The van der Waals surface area contributed by atoms with Gasteiger partial charge in [0.05, 0.1) is 6.04 Å².